The van der Waals surface area contributed by atoms with Crippen LogP contribution in [0.15, 0.2) is 12.3 Å². The lowest BCUT2D eigenvalue weighted by atomic mass is 9.95. The highest BCUT2D eigenvalue weighted by molar-refractivity contribution is 5.92. The van der Waals surface area contributed by atoms with Gasteiger partial charge in [-0.3, -0.25) is 9.89 Å². The van der Waals surface area contributed by atoms with Crippen LogP contribution in [0, 0.1) is 0 Å². The Bertz CT molecular complexity index is 715. The molecule has 0 unspecified atom stereocenters. The maximum absolute atomic E-state index is 11.9. The van der Waals surface area contributed by atoms with Crippen LogP contribution in [0.2, 0.25) is 0 Å². The van der Waals surface area contributed by atoms with Crippen molar-refractivity contribution >= 4 is 22.6 Å². The molecule has 2 heterocycles. The molecule has 6 nitrogen and oxygen atoms in total. The Morgan fingerprint density at radius 3 is 2.79 bits per heavy atom. The van der Waals surface area contributed by atoms with E-state index in [0.29, 0.717) is 24.9 Å². The Morgan fingerprint density at radius 1 is 1.17 bits per heavy atom. The monoisotopic (exact) mass is 327 g/mol. The fraction of sp³-hybridized carbons (Fsp3) is 0.611. The van der Waals surface area contributed by atoms with Gasteiger partial charge in [0.05, 0.1) is 16.6 Å². The first-order chi connectivity index (χ1) is 11.8. The van der Waals surface area contributed by atoms with Crippen molar-refractivity contribution < 1.29 is 4.79 Å². The van der Waals surface area contributed by atoms with Crippen LogP contribution in [-0.2, 0) is 11.2 Å². The van der Waals surface area contributed by atoms with Crippen LogP contribution in [0.5, 0.6) is 0 Å². The quantitative estimate of drug-likeness (QED) is 0.762. The average Bonchev–Trinajstić information content (AvgIpc) is 3.31. The maximum atomic E-state index is 11.9. The number of aromatic amines is 1. The van der Waals surface area contributed by atoms with E-state index < -0.39 is 0 Å². The van der Waals surface area contributed by atoms with Crippen molar-refractivity contribution in [3.8, 4) is 0 Å². The molecule has 0 radical (unpaired) electrons. The minimum absolute atomic E-state index is 0.124. The third kappa shape index (κ3) is 3.52. The summed E-state index contributed by atoms with van der Waals surface area (Å²) in [5, 5.41) is 15.2. The van der Waals surface area contributed by atoms with E-state index in [1.807, 2.05) is 12.3 Å². The summed E-state index contributed by atoms with van der Waals surface area (Å²) >= 11 is 0. The number of fused-ring (bicyclic) bond motifs is 1. The number of rotatable bonds is 6. The molecule has 128 valence electrons. The number of hydrogen-bond donors (Lipinski definition) is 3. The second-order valence-corrected chi connectivity index (χ2v) is 7.07. The summed E-state index contributed by atoms with van der Waals surface area (Å²) in [6.07, 6.45) is 11.5. The minimum atomic E-state index is 0.124. The third-order valence-electron chi connectivity index (χ3n) is 5.03. The number of amides is 1. The summed E-state index contributed by atoms with van der Waals surface area (Å²) in [5.41, 5.74) is 1.92. The number of carbonyl (C=O) groups is 1. The highest BCUT2D eigenvalue weighted by atomic mass is 16.1. The molecular weight excluding hydrogens is 302 g/mol. The molecule has 3 N–H and O–H groups in total. The summed E-state index contributed by atoms with van der Waals surface area (Å²) in [6, 6.07) is 2.86. The molecule has 2 aliphatic carbocycles. The highest BCUT2D eigenvalue weighted by Gasteiger charge is 2.23. The van der Waals surface area contributed by atoms with Crippen molar-refractivity contribution in [2.45, 2.75) is 69.9 Å². The Hall–Kier alpha value is -2.11. The highest BCUT2D eigenvalue weighted by Crippen LogP contribution is 2.27. The summed E-state index contributed by atoms with van der Waals surface area (Å²) in [4.78, 5) is 16.5. The van der Waals surface area contributed by atoms with Gasteiger partial charge in [0.15, 0.2) is 0 Å². The Labute approximate surface area is 141 Å². The molecule has 0 spiro atoms. The second kappa shape index (κ2) is 6.79. The summed E-state index contributed by atoms with van der Waals surface area (Å²) in [6.45, 7) is 0. The minimum Gasteiger partial charge on any atom is -0.367 e. The third-order valence-corrected chi connectivity index (χ3v) is 5.03. The van der Waals surface area contributed by atoms with E-state index in [1.165, 1.54) is 32.1 Å². The van der Waals surface area contributed by atoms with E-state index in [0.717, 1.165) is 35.3 Å². The van der Waals surface area contributed by atoms with Gasteiger partial charge in [-0.1, -0.05) is 19.3 Å². The van der Waals surface area contributed by atoms with Gasteiger partial charge in [-0.05, 0) is 31.7 Å². The van der Waals surface area contributed by atoms with Gasteiger partial charge >= 0.3 is 0 Å². The molecule has 2 aliphatic rings. The van der Waals surface area contributed by atoms with Gasteiger partial charge < -0.3 is 10.6 Å². The van der Waals surface area contributed by atoms with E-state index in [2.05, 4.69) is 25.8 Å². The molecule has 0 aliphatic heterocycles. The maximum Gasteiger partial charge on any atom is 0.220 e. The lowest BCUT2D eigenvalue weighted by Gasteiger charge is -2.23. The van der Waals surface area contributed by atoms with Crippen LogP contribution < -0.4 is 10.6 Å². The van der Waals surface area contributed by atoms with Crippen LogP contribution in [0.3, 0.4) is 0 Å². The normalized spacial score (nSPS) is 18.7. The van der Waals surface area contributed by atoms with Crippen LogP contribution in [0.1, 0.15) is 57.1 Å². The van der Waals surface area contributed by atoms with E-state index in [-0.39, 0.29) is 5.91 Å². The van der Waals surface area contributed by atoms with Crippen molar-refractivity contribution in [3.05, 3.63) is 18.0 Å². The van der Waals surface area contributed by atoms with E-state index in [9.17, 15) is 4.79 Å². The molecule has 0 atom stereocenters. The van der Waals surface area contributed by atoms with Gasteiger partial charge in [0.2, 0.25) is 5.91 Å². The summed E-state index contributed by atoms with van der Waals surface area (Å²) in [5.74, 6) is 1.03. The van der Waals surface area contributed by atoms with E-state index in [4.69, 9.17) is 0 Å². The van der Waals surface area contributed by atoms with Gasteiger partial charge in [0.1, 0.15) is 5.82 Å². The van der Waals surface area contributed by atoms with Crippen molar-refractivity contribution in [1.82, 2.24) is 20.5 Å². The van der Waals surface area contributed by atoms with Gasteiger partial charge in [-0.2, -0.15) is 5.10 Å². The lowest BCUT2D eigenvalue weighted by Crippen LogP contribution is -2.25. The Balaban J connectivity index is 1.49. The molecule has 4 rings (SSSR count). The van der Waals surface area contributed by atoms with Crippen molar-refractivity contribution in [3.63, 3.8) is 0 Å². The number of nitrogens with zero attached hydrogens (tertiary/aromatic N) is 2. The van der Waals surface area contributed by atoms with Crippen molar-refractivity contribution in [2.24, 2.45) is 0 Å². The number of aromatic nitrogens is 3. The number of anilines is 1. The first kappa shape index (κ1) is 15.4. The molecule has 0 bridgehead atoms. The zero-order valence-corrected chi connectivity index (χ0v) is 14.0. The summed E-state index contributed by atoms with van der Waals surface area (Å²) in [7, 11) is 0. The average molecular weight is 327 g/mol. The number of H-pyrrole nitrogens is 1. The topological polar surface area (TPSA) is 82.7 Å². The Morgan fingerprint density at radius 2 is 2.00 bits per heavy atom. The SMILES string of the molecule is O=C(CCc1n[nH]c2ccnc(NC3CCCCC3)c12)NC1CC1. The predicted octanol–water partition coefficient (Wildman–Crippen LogP) is 2.91. The van der Waals surface area contributed by atoms with Crippen LogP contribution in [0.25, 0.3) is 10.9 Å². The molecule has 0 aromatic carbocycles. The van der Waals surface area contributed by atoms with Gasteiger partial charge in [0, 0.05) is 31.1 Å². The predicted molar refractivity (Wildman–Crippen MR) is 93.9 cm³/mol. The second-order valence-electron chi connectivity index (χ2n) is 7.07. The molecule has 0 saturated heterocycles. The first-order valence-electron chi connectivity index (χ1n) is 9.17. The zero-order chi connectivity index (χ0) is 16.4. The number of nitrogens with one attached hydrogen (secondary N) is 3. The lowest BCUT2D eigenvalue weighted by molar-refractivity contribution is -0.121. The van der Waals surface area contributed by atoms with E-state index in [1.54, 1.807) is 0 Å². The van der Waals surface area contributed by atoms with Crippen molar-refractivity contribution in [2.75, 3.05) is 5.32 Å². The molecule has 2 fully saturated rings. The van der Waals surface area contributed by atoms with Gasteiger partial charge in [-0.25, -0.2) is 4.98 Å². The van der Waals surface area contributed by atoms with Crippen molar-refractivity contribution in [1.29, 1.82) is 0 Å². The molecule has 2 saturated carbocycles. The largest absolute Gasteiger partial charge is 0.367 e. The Kier molecular flexibility index (Phi) is 4.36. The molecule has 1 amide bonds. The number of aryl methyl sites for hydroxylation is 1. The molecular formula is C18H25N5O. The summed E-state index contributed by atoms with van der Waals surface area (Å²) < 4.78 is 0. The van der Waals surface area contributed by atoms with Gasteiger partial charge in [0.25, 0.3) is 0 Å². The molecule has 2 aromatic heterocycles. The molecule has 24 heavy (non-hydrogen) atoms. The number of carbonyl (C=O) groups excluding carboxylic acids is 1. The molecule has 2 aromatic rings. The van der Waals surface area contributed by atoms with Crippen LogP contribution in [-0.4, -0.2) is 33.2 Å². The zero-order valence-electron chi connectivity index (χ0n) is 14.0. The number of pyridine rings is 1. The van der Waals surface area contributed by atoms with Crippen LogP contribution in [0.4, 0.5) is 5.82 Å². The van der Waals surface area contributed by atoms with Crippen LogP contribution >= 0.6 is 0 Å². The standard InChI is InChI=1S/C18H25N5O/c24-16(20-13-6-7-13)9-8-14-17-15(23-22-14)10-11-19-18(17)21-12-4-2-1-3-5-12/h10-13H,1-9H2,(H,19,21)(H,20,24)(H,22,23). The first-order valence-corrected chi connectivity index (χ1v) is 9.17. The fourth-order valence-corrected chi connectivity index (χ4v) is 3.52. The smallest absolute Gasteiger partial charge is 0.220 e. The molecule has 6 heteroatoms. The fourth-order valence-electron chi connectivity index (χ4n) is 3.52. The van der Waals surface area contributed by atoms with Gasteiger partial charge in [-0.15, -0.1) is 0 Å². The number of hydrogen-bond acceptors (Lipinski definition) is 4. The van der Waals surface area contributed by atoms with E-state index >= 15 is 0 Å².